The molecule has 1 aromatic rings. The molecule has 1 nitrogen and oxygen atoms in total. The zero-order chi connectivity index (χ0) is 19.5. The van der Waals surface area contributed by atoms with Crippen LogP contribution >= 0.6 is 0 Å². The molecule has 0 unspecified atom stereocenters. The fourth-order valence-corrected chi connectivity index (χ4v) is 3.27. The molecule has 0 aromatic heterocycles. The first-order chi connectivity index (χ1) is 12.2. The molecule has 0 spiro atoms. The molecule has 1 N–H and O–H groups in total. The molecule has 0 bridgehead atoms. The number of halogens is 3. The summed E-state index contributed by atoms with van der Waals surface area (Å²) in [6, 6.07) is 3.66. The van der Waals surface area contributed by atoms with Gasteiger partial charge in [-0.25, -0.2) is 0 Å². The van der Waals surface area contributed by atoms with Gasteiger partial charge in [0.1, 0.15) is 0 Å². The highest BCUT2D eigenvalue weighted by Gasteiger charge is 2.39. The van der Waals surface area contributed by atoms with E-state index in [2.05, 4.69) is 12.2 Å². The summed E-state index contributed by atoms with van der Waals surface area (Å²) >= 11 is 0. The quantitative estimate of drug-likeness (QED) is 0.530. The van der Waals surface area contributed by atoms with Crippen molar-refractivity contribution >= 4 is 16.8 Å². The minimum absolute atomic E-state index is 0.274. The molecule has 0 atom stereocenters. The Bertz CT molecular complexity index is 764. The van der Waals surface area contributed by atoms with Crippen molar-refractivity contribution in [2.75, 3.05) is 5.32 Å². The van der Waals surface area contributed by atoms with Crippen molar-refractivity contribution < 1.29 is 13.2 Å². The molecule has 142 valence electrons. The Labute approximate surface area is 154 Å². The number of rotatable bonds is 5. The molecule has 0 radical (unpaired) electrons. The smallest absolute Gasteiger partial charge is 0.355 e. The summed E-state index contributed by atoms with van der Waals surface area (Å²) in [5.74, 6) is 0. The molecule has 1 aliphatic rings. The SMILES string of the molecule is CCCC/C=C1/C=C(C(F)(F)F)c2c(ccc(C)c2/C(C)=C(\C)CC)N1. The lowest BCUT2D eigenvalue weighted by molar-refractivity contribution is -0.0689. The number of fused-ring (bicyclic) bond motifs is 1. The fourth-order valence-electron chi connectivity index (χ4n) is 3.27. The van der Waals surface area contributed by atoms with Gasteiger partial charge in [-0.2, -0.15) is 13.2 Å². The Hall–Kier alpha value is -1.97. The second-order valence-corrected chi connectivity index (χ2v) is 6.92. The largest absolute Gasteiger partial charge is 0.417 e. The lowest BCUT2D eigenvalue weighted by atomic mass is 9.85. The highest BCUT2D eigenvalue weighted by molar-refractivity contribution is 5.93. The molecule has 4 heteroatoms. The van der Waals surface area contributed by atoms with E-state index < -0.39 is 11.7 Å². The van der Waals surface area contributed by atoms with E-state index in [9.17, 15) is 13.2 Å². The third-order valence-electron chi connectivity index (χ3n) is 5.03. The molecule has 1 aliphatic heterocycles. The molecule has 0 aliphatic carbocycles. The number of anilines is 1. The van der Waals surface area contributed by atoms with E-state index in [1.807, 2.05) is 39.8 Å². The van der Waals surface area contributed by atoms with Crippen LogP contribution in [0.4, 0.5) is 18.9 Å². The Morgan fingerprint density at radius 1 is 1.15 bits per heavy atom. The van der Waals surface area contributed by atoms with Crippen molar-refractivity contribution in [3.63, 3.8) is 0 Å². The van der Waals surface area contributed by atoms with Crippen LogP contribution in [0.1, 0.15) is 70.1 Å². The number of hydrogen-bond acceptors (Lipinski definition) is 1. The third kappa shape index (κ3) is 4.22. The third-order valence-corrected chi connectivity index (χ3v) is 5.03. The first kappa shape index (κ1) is 20.3. The molecule has 26 heavy (non-hydrogen) atoms. The molecule has 1 heterocycles. The van der Waals surface area contributed by atoms with Crippen molar-refractivity contribution in [1.82, 2.24) is 0 Å². The van der Waals surface area contributed by atoms with Gasteiger partial charge in [0, 0.05) is 16.9 Å². The van der Waals surface area contributed by atoms with Crippen molar-refractivity contribution in [3.05, 3.63) is 52.2 Å². The van der Waals surface area contributed by atoms with E-state index in [1.165, 1.54) is 6.08 Å². The monoisotopic (exact) mass is 363 g/mol. The minimum atomic E-state index is -4.40. The predicted molar refractivity (Wildman–Crippen MR) is 105 cm³/mol. The van der Waals surface area contributed by atoms with Gasteiger partial charge in [0.05, 0.1) is 5.57 Å². The van der Waals surface area contributed by atoms with E-state index in [4.69, 9.17) is 0 Å². The molecular formula is C22H28F3N. The number of unbranched alkanes of at least 4 members (excludes halogenated alkanes) is 2. The molecule has 0 saturated carbocycles. The highest BCUT2D eigenvalue weighted by Crippen LogP contribution is 2.46. The van der Waals surface area contributed by atoms with E-state index in [0.717, 1.165) is 42.4 Å². The molecule has 1 aromatic carbocycles. The van der Waals surface area contributed by atoms with E-state index >= 15 is 0 Å². The minimum Gasteiger partial charge on any atom is -0.355 e. The van der Waals surface area contributed by atoms with E-state index in [1.54, 1.807) is 6.07 Å². The second-order valence-electron chi connectivity index (χ2n) is 6.92. The van der Waals surface area contributed by atoms with Crippen LogP contribution in [-0.4, -0.2) is 6.18 Å². The van der Waals surface area contributed by atoms with Crippen molar-refractivity contribution in [2.24, 2.45) is 0 Å². The second kappa shape index (κ2) is 8.15. The summed E-state index contributed by atoms with van der Waals surface area (Å²) in [4.78, 5) is 0. The Balaban J connectivity index is 2.70. The van der Waals surface area contributed by atoms with Crippen LogP contribution in [0.2, 0.25) is 0 Å². The Morgan fingerprint density at radius 3 is 2.42 bits per heavy atom. The van der Waals surface area contributed by atoms with Gasteiger partial charge in [-0.05, 0) is 68.9 Å². The average Bonchev–Trinajstić information content (AvgIpc) is 2.59. The first-order valence-corrected chi connectivity index (χ1v) is 9.27. The van der Waals surface area contributed by atoms with Gasteiger partial charge in [0.2, 0.25) is 0 Å². The van der Waals surface area contributed by atoms with Crippen LogP contribution < -0.4 is 5.32 Å². The molecule has 0 saturated heterocycles. The number of benzene rings is 1. The van der Waals surface area contributed by atoms with Gasteiger partial charge in [-0.1, -0.05) is 38.0 Å². The summed E-state index contributed by atoms with van der Waals surface area (Å²) in [7, 11) is 0. The maximum absolute atomic E-state index is 13.9. The average molecular weight is 363 g/mol. The van der Waals surface area contributed by atoms with Gasteiger partial charge in [-0.15, -0.1) is 0 Å². The molecule has 0 fully saturated rings. The number of hydrogen-bond donors (Lipinski definition) is 1. The lowest BCUT2D eigenvalue weighted by Gasteiger charge is -2.27. The van der Waals surface area contributed by atoms with Crippen LogP contribution in [0.5, 0.6) is 0 Å². The van der Waals surface area contributed by atoms with E-state index in [0.29, 0.717) is 16.9 Å². The summed E-state index contributed by atoms with van der Waals surface area (Å²) in [5.41, 5.74) is 4.37. The first-order valence-electron chi connectivity index (χ1n) is 9.27. The normalized spacial score (nSPS) is 16.8. The zero-order valence-corrected chi connectivity index (χ0v) is 16.3. The highest BCUT2D eigenvalue weighted by atomic mass is 19.4. The molecule has 2 rings (SSSR count). The van der Waals surface area contributed by atoms with Crippen molar-refractivity contribution in [2.45, 2.75) is 66.5 Å². The van der Waals surface area contributed by atoms with Crippen LogP contribution in [0, 0.1) is 6.92 Å². The van der Waals surface area contributed by atoms with Gasteiger partial charge in [-0.3, -0.25) is 0 Å². The van der Waals surface area contributed by atoms with E-state index in [-0.39, 0.29) is 5.56 Å². The maximum Gasteiger partial charge on any atom is 0.417 e. The Morgan fingerprint density at radius 2 is 1.85 bits per heavy atom. The summed E-state index contributed by atoms with van der Waals surface area (Å²) < 4.78 is 41.7. The number of nitrogens with one attached hydrogen (secondary N) is 1. The Kier molecular flexibility index (Phi) is 6.38. The summed E-state index contributed by atoms with van der Waals surface area (Å²) in [6.07, 6.45) is 2.28. The summed E-state index contributed by atoms with van der Waals surface area (Å²) in [5, 5.41) is 3.20. The van der Waals surface area contributed by atoms with Crippen molar-refractivity contribution in [3.8, 4) is 0 Å². The topological polar surface area (TPSA) is 12.0 Å². The maximum atomic E-state index is 13.9. The predicted octanol–water partition coefficient (Wildman–Crippen LogP) is 7.64. The van der Waals surface area contributed by atoms with Crippen molar-refractivity contribution in [1.29, 1.82) is 0 Å². The van der Waals surface area contributed by atoms with Crippen LogP contribution in [0.3, 0.4) is 0 Å². The number of allylic oxidation sites excluding steroid dienone is 5. The molecule has 0 amide bonds. The van der Waals surface area contributed by atoms with Crippen LogP contribution in [0.25, 0.3) is 11.1 Å². The van der Waals surface area contributed by atoms with Crippen LogP contribution in [-0.2, 0) is 0 Å². The fraction of sp³-hybridized carbons (Fsp3) is 0.455. The van der Waals surface area contributed by atoms with Gasteiger partial charge < -0.3 is 5.32 Å². The standard InChI is InChI=1S/C22H28F3N/c1-6-8-9-10-17-13-18(22(23,24)25)21-19(26-17)12-11-15(4)20(21)16(5)14(3)7-2/h10-13,26H,6-9H2,1-5H3/b16-14+,17-10-. The number of aryl methyl sites for hydroxylation is 1. The molecular weight excluding hydrogens is 335 g/mol. The van der Waals surface area contributed by atoms with Gasteiger partial charge in [0.15, 0.2) is 0 Å². The number of alkyl halides is 3. The summed E-state index contributed by atoms with van der Waals surface area (Å²) in [6.45, 7) is 9.87. The van der Waals surface area contributed by atoms with Gasteiger partial charge >= 0.3 is 6.18 Å². The lowest BCUT2D eigenvalue weighted by Crippen LogP contribution is -2.19. The van der Waals surface area contributed by atoms with Gasteiger partial charge in [0.25, 0.3) is 0 Å². The zero-order valence-electron chi connectivity index (χ0n) is 16.3. The van der Waals surface area contributed by atoms with Crippen LogP contribution in [0.15, 0.2) is 35.6 Å².